The summed E-state index contributed by atoms with van der Waals surface area (Å²) >= 11 is 8.48. The molecule has 1 unspecified atom stereocenters. The smallest absolute Gasteiger partial charge is 0.318 e. The highest BCUT2D eigenvalue weighted by atomic mass is 35.5. The van der Waals surface area contributed by atoms with Gasteiger partial charge >= 0.3 is 12.0 Å². The number of fused-ring (bicyclic) bond motifs is 1. The van der Waals surface area contributed by atoms with Crippen molar-refractivity contribution >= 4 is 35.4 Å². The van der Waals surface area contributed by atoms with Crippen LogP contribution in [-0.4, -0.2) is 52.5 Å². The van der Waals surface area contributed by atoms with Crippen LogP contribution >= 0.6 is 23.4 Å². The van der Waals surface area contributed by atoms with Crippen LogP contribution in [-0.2, 0) is 16.1 Å². The first-order chi connectivity index (χ1) is 12.1. The van der Waals surface area contributed by atoms with Crippen molar-refractivity contribution in [2.75, 3.05) is 12.9 Å². The van der Waals surface area contributed by atoms with Gasteiger partial charge in [0.05, 0.1) is 19.2 Å². The monoisotopic (exact) mass is 382 g/mol. The number of nitrogens with one attached hydrogen (secondary N) is 1. The number of ether oxygens (including phenoxy) is 1. The van der Waals surface area contributed by atoms with Crippen molar-refractivity contribution in [3.63, 3.8) is 0 Å². The van der Waals surface area contributed by atoms with E-state index in [4.69, 9.17) is 11.6 Å². The number of methoxy groups -OCH3 is 1. The molecule has 136 valence electrons. The molecule has 0 radical (unpaired) electrons. The first kappa shape index (κ1) is 18.4. The molecular weight excluding hydrogens is 360 g/mol. The quantitative estimate of drug-likeness (QED) is 0.447. The third-order valence-electron chi connectivity index (χ3n) is 4.79. The fraction of sp³-hybridized carbons (Fsp3) is 0.556. The largest absolute Gasteiger partial charge is 0.469 e. The second kappa shape index (κ2) is 8.32. The molecule has 5 nitrogen and oxygen atoms in total. The van der Waals surface area contributed by atoms with E-state index in [1.807, 2.05) is 47.0 Å². The molecule has 1 aromatic rings. The first-order valence-corrected chi connectivity index (χ1v) is 10.0. The summed E-state index contributed by atoms with van der Waals surface area (Å²) in [6.07, 6.45) is 1.83. The lowest BCUT2D eigenvalue weighted by atomic mass is 10.0. The summed E-state index contributed by atoms with van der Waals surface area (Å²) in [7, 11) is 1.40. The molecule has 2 heterocycles. The van der Waals surface area contributed by atoms with Crippen LogP contribution < -0.4 is 5.32 Å². The fourth-order valence-corrected chi connectivity index (χ4v) is 5.63. The molecule has 2 saturated heterocycles. The number of carbonyl (C=O) groups is 2. The van der Waals surface area contributed by atoms with E-state index in [1.54, 1.807) is 0 Å². The van der Waals surface area contributed by atoms with Crippen molar-refractivity contribution < 1.29 is 14.3 Å². The van der Waals surface area contributed by atoms with Gasteiger partial charge in [0.1, 0.15) is 0 Å². The Balaban J connectivity index is 1.63. The van der Waals surface area contributed by atoms with Crippen LogP contribution in [0.15, 0.2) is 30.3 Å². The van der Waals surface area contributed by atoms with Gasteiger partial charge in [0.2, 0.25) is 0 Å². The number of carbonyl (C=O) groups excluding carboxylic acids is 2. The first-order valence-electron chi connectivity index (χ1n) is 8.53. The van der Waals surface area contributed by atoms with E-state index in [1.165, 1.54) is 7.11 Å². The zero-order valence-corrected chi connectivity index (χ0v) is 15.8. The van der Waals surface area contributed by atoms with E-state index in [0.29, 0.717) is 19.4 Å². The molecular formula is C18H23ClN2O3S. The van der Waals surface area contributed by atoms with E-state index in [2.05, 4.69) is 10.1 Å². The number of thioether (sulfide) groups is 1. The minimum atomic E-state index is -0.204. The summed E-state index contributed by atoms with van der Waals surface area (Å²) in [5.41, 5.74) is 1.12. The van der Waals surface area contributed by atoms with Gasteiger partial charge < -0.3 is 15.0 Å². The molecule has 0 aromatic heterocycles. The Kier molecular flexibility index (Phi) is 6.12. The van der Waals surface area contributed by atoms with E-state index in [-0.39, 0.29) is 34.7 Å². The maximum Gasteiger partial charge on any atom is 0.318 e. The van der Waals surface area contributed by atoms with Crippen LogP contribution in [0.1, 0.15) is 24.8 Å². The third-order valence-corrected chi connectivity index (χ3v) is 6.97. The molecule has 0 bridgehead atoms. The lowest BCUT2D eigenvalue weighted by Gasteiger charge is -2.30. The topological polar surface area (TPSA) is 58.6 Å². The van der Waals surface area contributed by atoms with Gasteiger partial charge in [-0.2, -0.15) is 11.8 Å². The van der Waals surface area contributed by atoms with Crippen molar-refractivity contribution in [1.82, 2.24) is 10.2 Å². The zero-order valence-electron chi connectivity index (χ0n) is 14.2. The van der Waals surface area contributed by atoms with Crippen LogP contribution in [0.5, 0.6) is 0 Å². The summed E-state index contributed by atoms with van der Waals surface area (Å²) in [6, 6.07) is 10.2. The molecule has 3 rings (SSSR count). The number of esters is 1. The molecule has 2 aliphatic heterocycles. The van der Waals surface area contributed by atoms with Gasteiger partial charge in [0.25, 0.3) is 0 Å². The zero-order chi connectivity index (χ0) is 17.8. The number of benzene rings is 1. The van der Waals surface area contributed by atoms with Crippen LogP contribution in [0.3, 0.4) is 0 Å². The lowest BCUT2D eigenvalue weighted by Crippen LogP contribution is -2.43. The molecule has 0 saturated carbocycles. The predicted molar refractivity (Wildman–Crippen MR) is 99.8 cm³/mol. The van der Waals surface area contributed by atoms with Crippen molar-refractivity contribution in [1.29, 1.82) is 0 Å². The summed E-state index contributed by atoms with van der Waals surface area (Å²) in [5, 5.41) is 3.19. The van der Waals surface area contributed by atoms with Crippen molar-refractivity contribution in [3.8, 4) is 0 Å². The summed E-state index contributed by atoms with van der Waals surface area (Å²) in [6.45, 7) is 0.594. The van der Waals surface area contributed by atoms with Crippen molar-refractivity contribution in [2.45, 2.75) is 48.5 Å². The average molecular weight is 383 g/mol. The number of halogens is 1. The number of amides is 2. The van der Waals surface area contributed by atoms with E-state index < -0.39 is 0 Å². The van der Waals surface area contributed by atoms with Gasteiger partial charge in [-0.25, -0.2) is 4.79 Å². The van der Waals surface area contributed by atoms with Gasteiger partial charge in [0.15, 0.2) is 0 Å². The molecule has 7 heteroatoms. The van der Waals surface area contributed by atoms with Crippen molar-refractivity contribution in [2.24, 2.45) is 0 Å². The molecule has 4 atom stereocenters. The number of hydrogen-bond acceptors (Lipinski definition) is 4. The average Bonchev–Trinajstić information content (AvgIpc) is 3.15. The van der Waals surface area contributed by atoms with Gasteiger partial charge in [0, 0.05) is 29.3 Å². The minimum absolute atomic E-state index is 0.0115. The highest BCUT2D eigenvalue weighted by molar-refractivity contribution is 8.00. The number of alkyl halides is 1. The van der Waals surface area contributed by atoms with Gasteiger partial charge in [-0.3, -0.25) is 4.79 Å². The molecule has 1 aromatic carbocycles. The minimum Gasteiger partial charge on any atom is -0.469 e. The number of rotatable bonds is 7. The summed E-state index contributed by atoms with van der Waals surface area (Å²) in [5.74, 6) is 0.677. The normalized spacial score (nSPS) is 26.2. The van der Waals surface area contributed by atoms with Crippen molar-refractivity contribution in [3.05, 3.63) is 35.9 Å². The van der Waals surface area contributed by atoms with Crippen LogP contribution in [0.4, 0.5) is 4.79 Å². The molecule has 25 heavy (non-hydrogen) atoms. The highest BCUT2D eigenvalue weighted by Gasteiger charge is 2.50. The maximum atomic E-state index is 12.4. The van der Waals surface area contributed by atoms with Gasteiger partial charge in [-0.15, -0.1) is 11.6 Å². The van der Waals surface area contributed by atoms with Gasteiger partial charge in [-0.05, 0) is 18.4 Å². The lowest BCUT2D eigenvalue weighted by molar-refractivity contribution is -0.140. The van der Waals surface area contributed by atoms with E-state index in [9.17, 15) is 9.59 Å². The third kappa shape index (κ3) is 4.23. The predicted octanol–water partition coefficient (Wildman–Crippen LogP) is 3.02. The Hall–Kier alpha value is -1.40. The van der Waals surface area contributed by atoms with Crippen LogP contribution in [0.25, 0.3) is 0 Å². The molecule has 2 amide bonds. The second-order valence-electron chi connectivity index (χ2n) is 6.44. The van der Waals surface area contributed by atoms with E-state index >= 15 is 0 Å². The fourth-order valence-electron chi connectivity index (χ4n) is 3.52. The molecule has 2 fully saturated rings. The Bertz CT molecular complexity index is 616. The standard InChI is InChI=1S/C18H23ClN2O3S/c1-24-15(22)9-5-8-13(19)17-16-14(11-25-17)20-18(23)21(16)10-12-6-3-2-4-7-12/h2-4,6-7,13-14,16-17H,5,8-11H2,1H3,(H,20,23)/t13?,14-,16-,17-/m0/s1. The number of nitrogens with zero attached hydrogens (tertiary/aromatic N) is 1. The Labute approximate surface area is 157 Å². The number of urea groups is 1. The highest BCUT2D eigenvalue weighted by Crippen LogP contribution is 2.40. The van der Waals surface area contributed by atoms with Gasteiger partial charge in [-0.1, -0.05) is 30.3 Å². The summed E-state index contributed by atoms with van der Waals surface area (Å²) in [4.78, 5) is 25.6. The summed E-state index contributed by atoms with van der Waals surface area (Å²) < 4.78 is 4.67. The maximum absolute atomic E-state index is 12.4. The van der Waals surface area contributed by atoms with Crippen LogP contribution in [0.2, 0.25) is 0 Å². The Morgan fingerprint density at radius 1 is 1.44 bits per heavy atom. The molecule has 0 spiro atoms. The number of hydrogen-bond donors (Lipinski definition) is 1. The Morgan fingerprint density at radius 2 is 2.20 bits per heavy atom. The van der Waals surface area contributed by atoms with Crippen LogP contribution in [0, 0.1) is 0 Å². The Morgan fingerprint density at radius 3 is 2.92 bits per heavy atom. The molecule has 1 N–H and O–H groups in total. The van der Waals surface area contributed by atoms with E-state index in [0.717, 1.165) is 17.7 Å². The second-order valence-corrected chi connectivity index (χ2v) is 8.21. The SMILES string of the molecule is COC(=O)CCCC(Cl)[C@@H]1SC[C@@H]2NC(=O)N(Cc3ccccc3)[C@@H]21. The molecule has 0 aliphatic carbocycles. The molecule has 2 aliphatic rings.